The Balaban J connectivity index is 2.25. The monoisotopic (exact) mass is 243 g/mol. The van der Waals surface area contributed by atoms with E-state index in [0.29, 0.717) is 0 Å². The lowest BCUT2D eigenvalue weighted by molar-refractivity contribution is 1.01. The highest BCUT2D eigenvalue weighted by atomic mass is 32.1. The average molecular weight is 243 g/mol. The summed E-state index contributed by atoms with van der Waals surface area (Å²) < 4.78 is 2.05. The minimum Gasteiger partial charge on any atom is -0.383 e. The Morgan fingerprint density at radius 1 is 1.29 bits per heavy atom. The van der Waals surface area contributed by atoms with E-state index in [1.807, 2.05) is 34.7 Å². The molecule has 2 heterocycles. The lowest BCUT2D eigenvalue weighted by atomic mass is 10.1. The van der Waals surface area contributed by atoms with E-state index in [2.05, 4.69) is 17.3 Å². The molecule has 3 aromatic rings. The van der Waals surface area contributed by atoms with Gasteiger partial charge >= 0.3 is 0 Å². The van der Waals surface area contributed by atoms with E-state index in [1.165, 1.54) is 5.69 Å². The Kier molecular flexibility index (Phi) is 2.37. The van der Waals surface area contributed by atoms with Crippen LogP contribution in [0.4, 0.5) is 5.82 Å². The molecule has 2 N–H and O–H groups in total. The van der Waals surface area contributed by atoms with Crippen LogP contribution in [0, 0.1) is 0 Å². The first-order chi connectivity index (χ1) is 8.31. The van der Waals surface area contributed by atoms with Crippen molar-refractivity contribution in [3.63, 3.8) is 0 Å². The minimum absolute atomic E-state index is 0.740. The lowest BCUT2D eigenvalue weighted by Gasteiger charge is -2.00. The maximum Gasteiger partial charge on any atom is 0.196 e. The molecule has 4 heteroatoms. The van der Waals surface area contributed by atoms with Crippen LogP contribution in [0.5, 0.6) is 0 Å². The van der Waals surface area contributed by atoms with Crippen LogP contribution in [-0.2, 0) is 6.42 Å². The van der Waals surface area contributed by atoms with E-state index in [1.54, 1.807) is 11.3 Å². The van der Waals surface area contributed by atoms with Crippen molar-refractivity contribution >= 4 is 22.1 Å². The van der Waals surface area contributed by atoms with Crippen molar-refractivity contribution in [2.75, 3.05) is 5.73 Å². The van der Waals surface area contributed by atoms with Gasteiger partial charge in [0.05, 0.1) is 0 Å². The smallest absolute Gasteiger partial charge is 0.196 e. The number of hydrogen-bond donors (Lipinski definition) is 1. The molecule has 86 valence electrons. The molecule has 0 amide bonds. The van der Waals surface area contributed by atoms with E-state index in [-0.39, 0.29) is 0 Å². The van der Waals surface area contributed by atoms with Crippen molar-refractivity contribution in [1.29, 1.82) is 0 Å². The van der Waals surface area contributed by atoms with Crippen LogP contribution in [0.2, 0.25) is 0 Å². The van der Waals surface area contributed by atoms with Gasteiger partial charge in [-0.2, -0.15) is 0 Å². The van der Waals surface area contributed by atoms with Crippen LogP contribution in [0.15, 0.2) is 35.7 Å². The van der Waals surface area contributed by atoms with Gasteiger partial charge in [-0.3, -0.25) is 4.40 Å². The number of thiazole rings is 1. The molecule has 0 aliphatic rings. The zero-order valence-electron chi connectivity index (χ0n) is 9.55. The number of benzene rings is 1. The number of hydrogen-bond acceptors (Lipinski definition) is 3. The molecule has 0 saturated carbocycles. The molecule has 0 saturated heterocycles. The number of nitrogen functional groups attached to an aromatic ring is 1. The normalized spacial score (nSPS) is 11.1. The van der Waals surface area contributed by atoms with Crippen LogP contribution < -0.4 is 5.73 Å². The van der Waals surface area contributed by atoms with Crippen LogP contribution in [0.3, 0.4) is 0 Å². The number of fused-ring (bicyclic) bond motifs is 1. The summed E-state index contributed by atoms with van der Waals surface area (Å²) in [6.45, 7) is 2.13. The maximum atomic E-state index is 6.20. The fourth-order valence-electron chi connectivity index (χ4n) is 1.99. The van der Waals surface area contributed by atoms with Crippen LogP contribution >= 0.6 is 11.3 Å². The van der Waals surface area contributed by atoms with Crippen LogP contribution in [0.1, 0.15) is 12.6 Å². The molecule has 0 aliphatic carbocycles. The predicted molar refractivity (Wildman–Crippen MR) is 72.3 cm³/mol. The van der Waals surface area contributed by atoms with Gasteiger partial charge in [-0.25, -0.2) is 4.98 Å². The van der Waals surface area contributed by atoms with Gasteiger partial charge < -0.3 is 5.73 Å². The van der Waals surface area contributed by atoms with Crippen molar-refractivity contribution in [2.24, 2.45) is 0 Å². The number of rotatable bonds is 2. The summed E-state index contributed by atoms with van der Waals surface area (Å²) in [4.78, 5) is 5.58. The highest BCUT2D eigenvalue weighted by Crippen LogP contribution is 2.30. The summed E-state index contributed by atoms with van der Waals surface area (Å²) >= 11 is 1.64. The SMILES string of the molecule is CCc1csc2nc(-c3ccccc3)c(N)n12. The Morgan fingerprint density at radius 2 is 2.06 bits per heavy atom. The Labute approximate surface area is 104 Å². The molecule has 0 spiro atoms. The second-order valence-corrected chi connectivity index (χ2v) is 4.75. The Bertz CT molecular complexity index is 652. The van der Waals surface area contributed by atoms with Crippen molar-refractivity contribution in [1.82, 2.24) is 9.38 Å². The zero-order chi connectivity index (χ0) is 11.8. The molecular weight excluding hydrogens is 230 g/mol. The number of aryl methyl sites for hydroxylation is 1. The molecule has 0 fully saturated rings. The molecule has 3 nitrogen and oxygen atoms in total. The summed E-state index contributed by atoms with van der Waals surface area (Å²) in [5.41, 5.74) is 9.37. The Morgan fingerprint density at radius 3 is 2.76 bits per heavy atom. The van der Waals surface area contributed by atoms with Crippen molar-refractivity contribution in [3.8, 4) is 11.3 Å². The van der Waals surface area contributed by atoms with Crippen LogP contribution in [-0.4, -0.2) is 9.38 Å². The molecule has 0 aliphatic heterocycles. The third kappa shape index (κ3) is 1.52. The predicted octanol–water partition coefficient (Wildman–Crippen LogP) is 3.21. The van der Waals surface area contributed by atoms with E-state index >= 15 is 0 Å². The molecule has 0 atom stereocenters. The molecular formula is C13H13N3S. The standard InChI is InChI=1S/C13H13N3S/c1-2-10-8-17-13-15-11(12(14)16(10)13)9-6-4-3-5-7-9/h3-8H,2,14H2,1H3. The molecule has 17 heavy (non-hydrogen) atoms. The first-order valence-electron chi connectivity index (χ1n) is 5.61. The number of nitrogens with two attached hydrogens (primary N) is 1. The highest BCUT2D eigenvalue weighted by molar-refractivity contribution is 7.15. The molecule has 2 aromatic heterocycles. The van der Waals surface area contributed by atoms with Gasteiger partial charge in [0.25, 0.3) is 0 Å². The van der Waals surface area contributed by atoms with E-state index in [4.69, 9.17) is 5.73 Å². The van der Waals surface area contributed by atoms with Gasteiger partial charge in [-0.1, -0.05) is 37.3 Å². The molecule has 0 radical (unpaired) electrons. The topological polar surface area (TPSA) is 43.3 Å². The lowest BCUT2D eigenvalue weighted by Crippen LogP contribution is -1.96. The number of aromatic nitrogens is 2. The minimum atomic E-state index is 0.740. The zero-order valence-corrected chi connectivity index (χ0v) is 10.4. The summed E-state index contributed by atoms with van der Waals surface area (Å²) in [5, 5.41) is 2.12. The molecule has 1 aromatic carbocycles. The quantitative estimate of drug-likeness (QED) is 0.751. The largest absolute Gasteiger partial charge is 0.383 e. The fraction of sp³-hybridized carbons (Fsp3) is 0.154. The second kappa shape index (κ2) is 3.89. The van der Waals surface area contributed by atoms with E-state index in [9.17, 15) is 0 Å². The molecule has 0 bridgehead atoms. The second-order valence-electron chi connectivity index (χ2n) is 3.91. The number of imidazole rings is 1. The van der Waals surface area contributed by atoms with Gasteiger partial charge in [0, 0.05) is 16.6 Å². The first-order valence-corrected chi connectivity index (χ1v) is 6.49. The number of nitrogens with zero attached hydrogens (tertiary/aromatic N) is 2. The summed E-state index contributed by atoms with van der Waals surface area (Å²) in [6.07, 6.45) is 0.967. The van der Waals surface area contributed by atoms with Gasteiger partial charge in [0.15, 0.2) is 4.96 Å². The third-order valence-corrected chi connectivity index (χ3v) is 3.75. The van der Waals surface area contributed by atoms with Crippen molar-refractivity contribution < 1.29 is 0 Å². The van der Waals surface area contributed by atoms with Gasteiger partial charge in [0.1, 0.15) is 11.5 Å². The summed E-state index contributed by atoms with van der Waals surface area (Å²) in [6, 6.07) is 10.1. The number of anilines is 1. The first kappa shape index (κ1) is 10.4. The third-order valence-electron chi connectivity index (χ3n) is 2.88. The molecule has 0 unspecified atom stereocenters. The highest BCUT2D eigenvalue weighted by Gasteiger charge is 2.14. The van der Waals surface area contributed by atoms with Gasteiger partial charge in [-0.15, -0.1) is 11.3 Å². The summed E-state index contributed by atoms with van der Waals surface area (Å²) in [7, 11) is 0. The Hall–Kier alpha value is -1.81. The van der Waals surface area contributed by atoms with Gasteiger partial charge in [-0.05, 0) is 6.42 Å². The van der Waals surface area contributed by atoms with E-state index < -0.39 is 0 Å². The van der Waals surface area contributed by atoms with Crippen molar-refractivity contribution in [2.45, 2.75) is 13.3 Å². The average Bonchev–Trinajstić information content (AvgIpc) is 2.91. The van der Waals surface area contributed by atoms with E-state index in [0.717, 1.165) is 28.5 Å². The van der Waals surface area contributed by atoms with Crippen LogP contribution in [0.25, 0.3) is 16.2 Å². The van der Waals surface area contributed by atoms with Crippen molar-refractivity contribution in [3.05, 3.63) is 41.4 Å². The summed E-state index contributed by atoms with van der Waals surface area (Å²) in [5.74, 6) is 0.740. The fourth-order valence-corrected chi connectivity index (χ4v) is 2.97. The van der Waals surface area contributed by atoms with Gasteiger partial charge in [0.2, 0.25) is 0 Å². The maximum absolute atomic E-state index is 6.20. The molecule has 3 rings (SSSR count).